The van der Waals surface area contributed by atoms with Crippen molar-refractivity contribution in [2.24, 2.45) is 7.05 Å². The average Bonchev–Trinajstić information content (AvgIpc) is 2.65. The van der Waals surface area contributed by atoms with E-state index in [1.807, 2.05) is 0 Å². The van der Waals surface area contributed by atoms with Gasteiger partial charge >= 0.3 is 0 Å². The van der Waals surface area contributed by atoms with Crippen LogP contribution >= 0.6 is 11.6 Å². The Labute approximate surface area is 96.7 Å². The first-order valence-electron chi connectivity index (χ1n) is 5.70. The third-order valence-electron chi connectivity index (χ3n) is 1.89. The molecule has 1 aromatic carbocycles. The molecule has 0 radical (unpaired) electrons. The molecule has 2 rings (SSSR count). The Hall–Kier alpha value is -1.55. The van der Waals surface area contributed by atoms with Gasteiger partial charge in [-0.05, 0) is 18.2 Å². The Morgan fingerprint density at radius 2 is 2.40 bits per heavy atom. The van der Waals surface area contributed by atoms with E-state index in [0.717, 1.165) is 0 Å². The Morgan fingerprint density at radius 3 is 3.07 bits per heavy atom. The lowest BCUT2D eigenvalue weighted by Crippen LogP contribution is -1.91. The minimum absolute atomic E-state index is 0.172. The van der Waals surface area contributed by atoms with E-state index >= 15 is 0 Å². The van der Waals surface area contributed by atoms with Crippen LogP contribution in [0.3, 0.4) is 0 Å². The lowest BCUT2D eigenvalue weighted by atomic mass is 10.2. The van der Waals surface area contributed by atoms with E-state index in [1.54, 1.807) is 19.2 Å². The van der Waals surface area contributed by atoms with Gasteiger partial charge in [-0.15, -0.1) is 0 Å². The molecule has 0 saturated carbocycles. The van der Waals surface area contributed by atoms with Gasteiger partial charge in [-0.25, -0.2) is 4.98 Å². The standard InChI is InChI=1S/C10H10ClN3O/c1-14-6-12-10(13-14)8-5-7(11)3-4-9(8)15-2/h3-6H,1-2H3/i2D3. The Balaban J connectivity index is 2.47. The zero-order valence-electron chi connectivity index (χ0n) is 10.9. The highest BCUT2D eigenvalue weighted by molar-refractivity contribution is 6.30. The number of aromatic nitrogens is 3. The molecule has 0 fully saturated rings. The molecule has 78 valence electrons. The second-order valence-corrected chi connectivity index (χ2v) is 3.42. The quantitative estimate of drug-likeness (QED) is 0.788. The fourth-order valence-electron chi connectivity index (χ4n) is 1.23. The Morgan fingerprint density at radius 1 is 1.53 bits per heavy atom. The molecule has 15 heavy (non-hydrogen) atoms. The van der Waals surface area contributed by atoms with Crippen molar-refractivity contribution < 1.29 is 8.85 Å². The fraction of sp³-hybridized carbons (Fsp3) is 0.200. The third-order valence-corrected chi connectivity index (χ3v) is 2.13. The monoisotopic (exact) mass is 226 g/mol. The van der Waals surface area contributed by atoms with Crippen molar-refractivity contribution in [3.05, 3.63) is 29.5 Å². The summed E-state index contributed by atoms with van der Waals surface area (Å²) >= 11 is 5.89. The molecule has 0 aliphatic rings. The van der Waals surface area contributed by atoms with Gasteiger partial charge in [0, 0.05) is 12.1 Å². The summed E-state index contributed by atoms with van der Waals surface area (Å²) in [7, 11) is -0.817. The van der Waals surface area contributed by atoms with Crippen LogP contribution in [0.15, 0.2) is 24.5 Å². The maximum absolute atomic E-state index is 7.12. The molecule has 5 heteroatoms. The minimum Gasteiger partial charge on any atom is -0.496 e. The summed E-state index contributed by atoms with van der Waals surface area (Å²) in [4.78, 5) is 4.05. The van der Waals surface area contributed by atoms with Gasteiger partial charge in [-0.2, -0.15) is 5.10 Å². The van der Waals surface area contributed by atoms with Crippen LogP contribution in [-0.2, 0) is 7.05 Å². The number of halogens is 1. The van der Waals surface area contributed by atoms with Crippen LogP contribution < -0.4 is 4.74 Å². The van der Waals surface area contributed by atoms with Crippen LogP contribution in [0.25, 0.3) is 11.4 Å². The molecular weight excluding hydrogens is 214 g/mol. The molecule has 0 amide bonds. The van der Waals surface area contributed by atoms with E-state index in [0.29, 0.717) is 16.4 Å². The number of aryl methyl sites for hydroxylation is 1. The van der Waals surface area contributed by atoms with Gasteiger partial charge in [0.1, 0.15) is 12.1 Å². The lowest BCUT2D eigenvalue weighted by molar-refractivity contribution is 0.416. The zero-order chi connectivity index (χ0) is 13.3. The zero-order valence-corrected chi connectivity index (χ0v) is 8.69. The first-order chi connectivity index (χ1) is 8.35. The van der Waals surface area contributed by atoms with E-state index in [1.165, 1.54) is 17.1 Å². The molecule has 0 aliphatic carbocycles. The fourth-order valence-corrected chi connectivity index (χ4v) is 1.40. The van der Waals surface area contributed by atoms with Gasteiger partial charge in [0.15, 0.2) is 5.82 Å². The number of benzene rings is 1. The lowest BCUT2D eigenvalue weighted by Gasteiger charge is -2.05. The van der Waals surface area contributed by atoms with Crippen LogP contribution in [0.2, 0.25) is 5.02 Å². The number of rotatable bonds is 2. The molecule has 1 heterocycles. The number of methoxy groups -OCH3 is 1. The van der Waals surface area contributed by atoms with Crippen molar-refractivity contribution in [1.29, 1.82) is 0 Å². The highest BCUT2D eigenvalue weighted by Gasteiger charge is 2.10. The summed E-state index contributed by atoms with van der Waals surface area (Å²) < 4.78 is 27.8. The molecule has 0 atom stereocenters. The van der Waals surface area contributed by atoms with Crippen LogP contribution in [0.5, 0.6) is 5.75 Å². The van der Waals surface area contributed by atoms with E-state index in [4.69, 9.17) is 20.5 Å². The SMILES string of the molecule is [2H]C([2H])([2H])Oc1ccc(Cl)cc1-c1ncn(C)n1. The predicted molar refractivity (Wildman–Crippen MR) is 58.0 cm³/mol. The summed E-state index contributed by atoms with van der Waals surface area (Å²) in [5, 5.41) is 4.55. The van der Waals surface area contributed by atoms with Crippen molar-refractivity contribution in [1.82, 2.24) is 14.8 Å². The van der Waals surface area contributed by atoms with Gasteiger partial charge in [0.05, 0.1) is 16.7 Å². The van der Waals surface area contributed by atoms with E-state index < -0.39 is 7.04 Å². The largest absolute Gasteiger partial charge is 0.496 e. The topological polar surface area (TPSA) is 39.9 Å². The number of hydrogen-bond donors (Lipinski definition) is 0. The van der Waals surface area contributed by atoms with Gasteiger partial charge < -0.3 is 4.74 Å². The molecule has 1 aromatic heterocycles. The van der Waals surface area contributed by atoms with Gasteiger partial charge in [0.25, 0.3) is 0 Å². The average molecular weight is 227 g/mol. The first kappa shape index (κ1) is 6.85. The van der Waals surface area contributed by atoms with E-state index in [-0.39, 0.29) is 5.75 Å². The molecule has 0 unspecified atom stereocenters. The van der Waals surface area contributed by atoms with Crippen molar-refractivity contribution >= 4 is 11.6 Å². The summed E-state index contributed by atoms with van der Waals surface area (Å²) in [6, 6.07) is 4.60. The predicted octanol–water partition coefficient (Wildman–Crippen LogP) is 2.14. The van der Waals surface area contributed by atoms with Crippen molar-refractivity contribution in [3.63, 3.8) is 0 Å². The van der Waals surface area contributed by atoms with E-state index in [9.17, 15) is 0 Å². The second kappa shape index (κ2) is 3.90. The van der Waals surface area contributed by atoms with E-state index in [2.05, 4.69) is 10.1 Å². The van der Waals surface area contributed by atoms with Gasteiger partial charge in [0.2, 0.25) is 0 Å². The minimum atomic E-state index is -2.53. The maximum Gasteiger partial charge on any atom is 0.184 e. The van der Waals surface area contributed by atoms with Gasteiger partial charge in [-0.3, -0.25) is 4.68 Å². The molecule has 2 aromatic rings. The summed E-state index contributed by atoms with van der Waals surface area (Å²) in [5.41, 5.74) is 0.444. The highest BCUT2D eigenvalue weighted by atomic mass is 35.5. The first-order valence-corrected chi connectivity index (χ1v) is 4.57. The highest BCUT2D eigenvalue weighted by Crippen LogP contribution is 2.29. The number of ether oxygens (including phenoxy) is 1. The van der Waals surface area contributed by atoms with Crippen LogP contribution in [0, 0.1) is 0 Å². The van der Waals surface area contributed by atoms with Crippen LogP contribution in [-0.4, -0.2) is 21.8 Å². The molecular formula is C10H10ClN3O. The molecule has 0 aliphatic heterocycles. The molecule has 0 bridgehead atoms. The summed E-state index contributed by atoms with van der Waals surface area (Å²) in [5.74, 6) is 0.532. The Bertz CT molecular complexity index is 568. The normalized spacial score (nSPS) is 14.1. The maximum atomic E-state index is 7.12. The second-order valence-electron chi connectivity index (χ2n) is 2.98. The summed E-state index contributed by atoms with van der Waals surface area (Å²) in [6.07, 6.45) is 1.51. The van der Waals surface area contributed by atoms with Gasteiger partial charge in [-0.1, -0.05) is 11.6 Å². The van der Waals surface area contributed by atoms with Crippen LogP contribution in [0.4, 0.5) is 0 Å². The molecule has 4 nitrogen and oxygen atoms in total. The molecule has 0 spiro atoms. The van der Waals surface area contributed by atoms with Crippen LogP contribution in [0.1, 0.15) is 4.11 Å². The smallest absolute Gasteiger partial charge is 0.184 e. The molecule has 0 saturated heterocycles. The number of nitrogens with zero attached hydrogens (tertiary/aromatic N) is 3. The third kappa shape index (κ3) is 1.94. The number of hydrogen-bond acceptors (Lipinski definition) is 3. The van der Waals surface area contributed by atoms with Crippen molar-refractivity contribution in [3.8, 4) is 17.1 Å². The molecule has 0 N–H and O–H groups in total. The van der Waals surface area contributed by atoms with Crippen molar-refractivity contribution in [2.75, 3.05) is 7.04 Å². The Kier molecular flexibility index (Phi) is 1.78. The summed E-state index contributed by atoms with van der Waals surface area (Å²) in [6.45, 7) is 0. The van der Waals surface area contributed by atoms with Crippen molar-refractivity contribution in [2.45, 2.75) is 0 Å².